The van der Waals surface area contributed by atoms with E-state index in [-0.39, 0.29) is 4.90 Å². The molecule has 1 aromatic rings. The summed E-state index contributed by atoms with van der Waals surface area (Å²) in [7, 11) is -1.46. The van der Waals surface area contributed by atoms with Crippen LogP contribution in [0.15, 0.2) is 17.2 Å². The molecular formula is C13H26N4O2S. The van der Waals surface area contributed by atoms with Crippen molar-refractivity contribution in [3.05, 3.63) is 18.0 Å². The summed E-state index contributed by atoms with van der Waals surface area (Å²) in [6.45, 7) is 8.77. The summed E-state index contributed by atoms with van der Waals surface area (Å²) in [5.41, 5.74) is 0.866. The lowest BCUT2D eigenvalue weighted by atomic mass is 10.3. The Kier molecular flexibility index (Phi) is 6.67. The third kappa shape index (κ3) is 5.62. The molecule has 0 radical (unpaired) electrons. The first kappa shape index (κ1) is 17.2. The largest absolute Gasteiger partial charge is 0.363 e. The Morgan fingerprint density at radius 2 is 2.10 bits per heavy atom. The standard InChI is InChI=1S/C13H26N4O2S/c1-5-17(4)7-6-16-20(18,19)13-8-12(15-10-13)9-14-11(2)3/h8,10-11,14-16H,5-7,9H2,1-4H3. The Labute approximate surface area is 122 Å². The zero-order valence-electron chi connectivity index (χ0n) is 12.7. The number of nitrogens with one attached hydrogen (secondary N) is 3. The SMILES string of the molecule is CCN(C)CCNS(=O)(=O)c1c[nH]c(CNC(C)C)c1. The molecule has 20 heavy (non-hydrogen) atoms. The van der Waals surface area contributed by atoms with Gasteiger partial charge in [0.25, 0.3) is 0 Å². The van der Waals surface area contributed by atoms with Crippen molar-refractivity contribution in [3.63, 3.8) is 0 Å². The molecular weight excluding hydrogens is 276 g/mol. The van der Waals surface area contributed by atoms with E-state index < -0.39 is 10.0 Å². The molecule has 0 amide bonds. The van der Waals surface area contributed by atoms with Crippen LogP contribution in [0, 0.1) is 0 Å². The van der Waals surface area contributed by atoms with E-state index in [1.165, 1.54) is 6.20 Å². The van der Waals surface area contributed by atoms with Gasteiger partial charge in [-0.05, 0) is 19.7 Å². The molecule has 0 spiro atoms. The Bertz CT molecular complexity index is 496. The Balaban J connectivity index is 2.55. The average molecular weight is 302 g/mol. The number of H-pyrrole nitrogens is 1. The van der Waals surface area contributed by atoms with E-state index in [2.05, 4.69) is 19.9 Å². The number of aromatic nitrogens is 1. The monoisotopic (exact) mass is 302 g/mol. The van der Waals surface area contributed by atoms with Crippen LogP contribution in [0.25, 0.3) is 0 Å². The number of rotatable bonds is 9. The molecule has 7 heteroatoms. The minimum absolute atomic E-state index is 0.289. The maximum atomic E-state index is 12.1. The maximum Gasteiger partial charge on any atom is 0.242 e. The summed E-state index contributed by atoms with van der Waals surface area (Å²) in [6, 6.07) is 2.03. The molecule has 3 N–H and O–H groups in total. The molecule has 0 atom stereocenters. The van der Waals surface area contributed by atoms with Gasteiger partial charge in [-0.25, -0.2) is 13.1 Å². The topological polar surface area (TPSA) is 77.2 Å². The van der Waals surface area contributed by atoms with Crippen LogP contribution in [0.4, 0.5) is 0 Å². The Morgan fingerprint density at radius 1 is 1.40 bits per heavy atom. The van der Waals surface area contributed by atoms with Gasteiger partial charge in [0, 0.05) is 37.6 Å². The quantitative estimate of drug-likeness (QED) is 0.629. The van der Waals surface area contributed by atoms with Gasteiger partial charge in [-0.15, -0.1) is 0 Å². The molecule has 0 aliphatic rings. The van der Waals surface area contributed by atoms with E-state index in [1.54, 1.807) is 6.07 Å². The van der Waals surface area contributed by atoms with Crippen LogP contribution in [0.2, 0.25) is 0 Å². The second-order valence-corrected chi connectivity index (χ2v) is 6.96. The van der Waals surface area contributed by atoms with Crippen molar-refractivity contribution in [2.75, 3.05) is 26.7 Å². The fraction of sp³-hybridized carbons (Fsp3) is 0.692. The van der Waals surface area contributed by atoms with Gasteiger partial charge in [-0.1, -0.05) is 20.8 Å². The van der Waals surface area contributed by atoms with E-state index in [0.717, 1.165) is 12.2 Å². The number of likely N-dealkylation sites (N-methyl/N-ethyl adjacent to an activating group) is 1. The molecule has 0 saturated carbocycles. The number of hydrogen-bond acceptors (Lipinski definition) is 4. The van der Waals surface area contributed by atoms with Crippen molar-refractivity contribution in [3.8, 4) is 0 Å². The molecule has 6 nitrogen and oxygen atoms in total. The number of nitrogens with zero attached hydrogens (tertiary/aromatic N) is 1. The second-order valence-electron chi connectivity index (χ2n) is 5.19. The highest BCUT2D eigenvalue weighted by Gasteiger charge is 2.15. The molecule has 1 heterocycles. The minimum atomic E-state index is -3.42. The van der Waals surface area contributed by atoms with Crippen molar-refractivity contribution in [1.82, 2.24) is 19.9 Å². The zero-order chi connectivity index (χ0) is 15.2. The minimum Gasteiger partial charge on any atom is -0.363 e. The van der Waals surface area contributed by atoms with Gasteiger partial charge in [0.05, 0.1) is 4.90 Å². The van der Waals surface area contributed by atoms with Crippen LogP contribution in [-0.2, 0) is 16.6 Å². The number of aromatic amines is 1. The van der Waals surface area contributed by atoms with Gasteiger partial charge < -0.3 is 15.2 Å². The van der Waals surface area contributed by atoms with Crippen LogP contribution in [0.5, 0.6) is 0 Å². The van der Waals surface area contributed by atoms with E-state index in [9.17, 15) is 8.42 Å². The summed E-state index contributed by atoms with van der Waals surface area (Å²) in [6.07, 6.45) is 1.53. The third-order valence-electron chi connectivity index (χ3n) is 3.05. The van der Waals surface area contributed by atoms with Crippen molar-refractivity contribution < 1.29 is 8.42 Å². The highest BCUT2D eigenvalue weighted by molar-refractivity contribution is 7.89. The lowest BCUT2D eigenvalue weighted by Gasteiger charge is -2.13. The van der Waals surface area contributed by atoms with E-state index in [0.29, 0.717) is 25.7 Å². The highest BCUT2D eigenvalue weighted by atomic mass is 32.2. The van der Waals surface area contributed by atoms with Gasteiger partial charge in [0.1, 0.15) is 0 Å². The lowest BCUT2D eigenvalue weighted by Crippen LogP contribution is -2.32. The molecule has 0 saturated heterocycles. The second kappa shape index (κ2) is 7.78. The zero-order valence-corrected chi connectivity index (χ0v) is 13.5. The summed E-state index contributed by atoms with van der Waals surface area (Å²) >= 11 is 0. The third-order valence-corrected chi connectivity index (χ3v) is 4.49. The number of sulfonamides is 1. The first-order chi connectivity index (χ1) is 9.35. The molecule has 1 rings (SSSR count). The van der Waals surface area contributed by atoms with Crippen molar-refractivity contribution >= 4 is 10.0 Å². The van der Waals surface area contributed by atoms with Gasteiger partial charge in [-0.3, -0.25) is 0 Å². The maximum absolute atomic E-state index is 12.1. The van der Waals surface area contributed by atoms with Crippen molar-refractivity contribution in [1.29, 1.82) is 0 Å². The predicted octanol–water partition coefficient (Wildman–Crippen LogP) is 0.743. The van der Waals surface area contributed by atoms with E-state index >= 15 is 0 Å². The fourth-order valence-electron chi connectivity index (χ4n) is 1.60. The summed E-state index contributed by atoms with van der Waals surface area (Å²) in [4.78, 5) is 5.33. The first-order valence-corrected chi connectivity index (χ1v) is 8.42. The van der Waals surface area contributed by atoms with Crippen LogP contribution >= 0.6 is 0 Å². The van der Waals surface area contributed by atoms with Crippen LogP contribution in [0.1, 0.15) is 26.5 Å². The van der Waals surface area contributed by atoms with Gasteiger partial charge >= 0.3 is 0 Å². The van der Waals surface area contributed by atoms with E-state index in [1.807, 2.05) is 27.8 Å². The normalized spacial score (nSPS) is 12.5. The average Bonchev–Trinajstić information content (AvgIpc) is 2.85. The van der Waals surface area contributed by atoms with Crippen LogP contribution in [0.3, 0.4) is 0 Å². The molecule has 1 aromatic heterocycles. The van der Waals surface area contributed by atoms with Gasteiger partial charge in [0.2, 0.25) is 10.0 Å². The fourth-order valence-corrected chi connectivity index (χ4v) is 2.64. The van der Waals surface area contributed by atoms with Crippen molar-refractivity contribution in [2.24, 2.45) is 0 Å². The molecule has 0 fully saturated rings. The summed E-state index contributed by atoms with van der Waals surface area (Å²) in [5.74, 6) is 0. The van der Waals surface area contributed by atoms with Crippen LogP contribution in [-0.4, -0.2) is 51.0 Å². The number of hydrogen-bond donors (Lipinski definition) is 3. The smallest absolute Gasteiger partial charge is 0.242 e. The Morgan fingerprint density at radius 3 is 2.70 bits per heavy atom. The lowest BCUT2D eigenvalue weighted by molar-refractivity contribution is 0.358. The summed E-state index contributed by atoms with van der Waals surface area (Å²) in [5, 5.41) is 3.24. The van der Waals surface area contributed by atoms with E-state index in [4.69, 9.17) is 0 Å². The summed E-state index contributed by atoms with van der Waals surface area (Å²) < 4.78 is 26.8. The Hall–Kier alpha value is -0.890. The van der Waals surface area contributed by atoms with Gasteiger partial charge in [-0.2, -0.15) is 0 Å². The molecule has 0 bridgehead atoms. The van der Waals surface area contributed by atoms with Crippen molar-refractivity contribution in [2.45, 2.75) is 38.3 Å². The molecule has 0 aromatic carbocycles. The molecule has 0 aliphatic carbocycles. The highest BCUT2D eigenvalue weighted by Crippen LogP contribution is 2.10. The predicted molar refractivity (Wildman–Crippen MR) is 81.1 cm³/mol. The van der Waals surface area contributed by atoms with Crippen LogP contribution < -0.4 is 10.0 Å². The first-order valence-electron chi connectivity index (χ1n) is 6.94. The molecule has 0 aliphatic heterocycles. The molecule has 116 valence electrons. The van der Waals surface area contributed by atoms with Gasteiger partial charge in [0.15, 0.2) is 0 Å². The molecule has 0 unspecified atom stereocenters.